The largest absolute Gasteiger partial charge is 0.399 e. The molecule has 0 aromatic heterocycles. The zero-order chi connectivity index (χ0) is 13.0. The second-order valence-electron chi connectivity index (χ2n) is 4.37. The van der Waals surface area contributed by atoms with Crippen LogP contribution in [0, 0.1) is 3.57 Å². The first-order valence-corrected chi connectivity index (χ1v) is 7.05. The molecule has 0 radical (unpaired) electrons. The van der Waals surface area contributed by atoms with Gasteiger partial charge in [0.25, 0.3) is 0 Å². The number of anilines is 2. The first-order valence-electron chi connectivity index (χ1n) is 5.97. The van der Waals surface area contributed by atoms with Gasteiger partial charge in [-0.3, -0.25) is 0 Å². The highest BCUT2D eigenvalue weighted by Gasteiger charge is 2.05. The highest BCUT2D eigenvalue weighted by Crippen LogP contribution is 2.23. The minimum Gasteiger partial charge on any atom is -0.399 e. The van der Waals surface area contributed by atoms with Gasteiger partial charge in [0.15, 0.2) is 0 Å². The highest BCUT2D eigenvalue weighted by atomic mass is 127. The molecule has 0 bridgehead atoms. The van der Waals surface area contributed by atoms with Gasteiger partial charge in [-0.1, -0.05) is 30.3 Å². The first-order chi connectivity index (χ1) is 8.66. The van der Waals surface area contributed by atoms with E-state index in [9.17, 15) is 0 Å². The fourth-order valence-corrected chi connectivity index (χ4v) is 2.85. The zero-order valence-electron chi connectivity index (χ0n) is 10.4. The van der Waals surface area contributed by atoms with Crippen LogP contribution in [0.3, 0.4) is 0 Å². The molecule has 2 rings (SSSR count). The SMILES string of the molecule is CN(CCc1ccccc1)c1ccc(N)cc1I. The molecule has 0 fully saturated rings. The smallest absolute Gasteiger partial charge is 0.0500 e. The van der Waals surface area contributed by atoms with Gasteiger partial charge in [0, 0.05) is 22.8 Å². The lowest BCUT2D eigenvalue weighted by Crippen LogP contribution is -2.21. The van der Waals surface area contributed by atoms with Crippen LogP contribution in [0.2, 0.25) is 0 Å². The fraction of sp³-hybridized carbons (Fsp3) is 0.200. The number of rotatable bonds is 4. The van der Waals surface area contributed by atoms with Gasteiger partial charge in [-0.25, -0.2) is 0 Å². The molecule has 94 valence electrons. The van der Waals surface area contributed by atoms with Gasteiger partial charge in [0.2, 0.25) is 0 Å². The maximum Gasteiger partial charge on any atom is 0.0500 e. The van der Waals surface area contributed by atoms with E-state index in [1.54, 1.807) is 0 Å². The Balaban J connectivity index is 2.01. The summed E-state index contributed by atoms with van der Waals surface area (Å²) in [5, 5.41) is 0. The predicted octanol–water partition coefficient (Wildman–Crippen LogP) is 3.55. The molecular weight excluding hydrogens is 335 g/mol. The molecule has 0 aliphatic heterocycles. The van der Waals surface area contributed by atoms with Crippen LogP contribution in [0.1, 0.15) is 5.56 Å². The predicted molar refractivity (Wildman–Crippen MR) is 87.0 cm³/mol. The Morgan fingerprint density at radius 2 is 1.83 bits per heavy atom. The van der Waals surface area contributed by atoms with Crippen molar-refractivity contribution in [2.75, 3.05) is 24.2 Å². The summed E-state index contributed by atoms with van der Waals surface area (Å²) in [5.41, 5.74) is 9.20. The highest BCUT2D eigenvalue weighted by molar-refractivity contribution is 14.1. The molecule has 0 aliphatic rings. The number of hydrogen-bond acceptors (Lipinski definition) is 2. The van der Waals surface area contributed by atoms with E-state index in [-0.39, 0.29) is 0 Å². The van der Waals surface area contributed by atoms with Crippen LogP contribution in [0.15, 0.2) is 48.5 Å². The van der Waals surface area contributed by atoms with Crippen molar-refractivity contribution in [2.45, 2.75) is 6.42 Å². The van der Waals surface area contributed by atoms with Crippen LogP contribution in [0.25, 0.3) is 0 Å². The van der Waals surface area contributed by atoms with E-state index in [1.807, 2.05) is 12.1 Å². The standard InChI is InChI=1S/C15H17IN2/c1-18(10-9-12-5-3-2-4-6-12)15-8-7-13(17)11-14(15)16/h2-8,11H,9-10,17H2,1H3. The third-order valence-corrected chi connectivity index (χ3v) is 3.83. The summed E-state index contributed by atoms with van der Waals surface area (Å²) in [6.45, 7) is 1.00. The molecule has 18 heavy (non-hydrogen) atoms. The minimum absolute atomic E-state index is 0.819. The van der Waals surface area contributed by atoms with Gasteiger partial charge in [-0.05, 0) is 52.8 Å². The number of likely N-dealkylation sites (N-methyl/N-ethyl adjacent to an activating group) is 1. The van der Waals surface area contributed by atoms with E-state index in [4.69, 9.17) is 5.73 Å². The van der Waals surface area contributed by atoms with Gasteiger partial charge in [0.1, 0.15) is 0 Å². The third-order valence-electron chi connectivity index (χ3n) is 2.96. The zero-order valence-corrected chi connectivity index (χ0v) is 12.6. The van der Waals surface area contributed by atoms with Crippen LogP contribution in [-0.4, -0.2) is 13.6 Å². The lowest BCUT2D eigenvalue weighted by atomic mass is 10.1. The van der Waals surface area contributed by atoms with Gasteiger partial charge in [-0.2, -0.15) is 0 Å². The van der Waals surface area contributed by atoms with Crippen molar-refractivity contribution in [1.82, 2.24) is 0 Å². The summed E-state index contributed by atoms with van der Waals surface area (Å²) < 4.78 is 1.20. The van der Waals surface area contributed by atoms with Crippen molar-refractivity contribution in [3.63, 3.8) is 0 Å². The number of hydrogen-bond donors (Lipinski definition) is 1. The summed E-state index contributed by atoms with van der Waals surface area (Å²) in [6, 6.07) is 16.6. The molecule has 0 amide bonds. The van der Waals surface area contributed by atoms with Crippen molar-refractivity contribution in [2.24, 2.45) is 0 Å². The van der Waals surface area contributed by atoms with Crippen molar-refractivity contribution < 1.29 is 0 Å². The molecule has 3 heteroatoms. The summed E-state index contributed by atoms with van der Waals surface area (Å²) >= 11 is 2.33. The lowest BCUT2D eigenvalue weighted by molar-refractivity contribution is 0.874. The summed E-state index contributed by atoms with van der Waals surface area (Å²) in [4.78, 5) is 2.27. The number of nitrogen functional groups attached to an aromatic ring is 1. The summed E-state index contributed by atoms with van der Waals surface area (Å²) in [5.74, 6) is 0. The first kappa shape index (κ1) is 13.2. The van der Waals surface area contributed by atoms with Crippen molar-refractivity contribution in [3.8, 4) is 0 Å². The molecule has 0 heterocycles. The van der Waals surface area contributed by atoms with E-state index < -0.39 is 0 Å². The molecule has 0 spiro atoms. The number of nitrogens with two attached hydrogens (primary N) is 1. The number of nitrogens with zero attached hydrogens (tertiary/aromatic N) is 1. The normalized spacial score (nSPS) is 10.3. The molecule has 2 N–H and O–H groups in total. The Morgan fingerprint density at radius 1 is 1.11 bits per heavy atom. The molecule has 2 aromatic rings. The molecule has 0 atom stereocenters. The average Bonchev–Trinajstić information content (AvgIpc) is 2.37. The summed E-state index contributed by atoms with van der Waals surface area (Å²) in [7, 11) is 2.12. The number of benzene rings is 2. The molecular formula is C15H17IN2. The topological polar surface area (TPSA) is 29.3 Å². The van der Waals surface area contributed by atoms with Crippen LogP contribution < -0.4 is 10.6 Å². The van der Waals surface area contributed by atoms with Crippen molar-refractivity contribution >= 4 is 34.0 Å². The van der Waals surface area contributed by atoms with Gasteiger partial charge in [-0.15, -0.1) is 0 Å². The summed E-state index contributed by atoms with van der Waals surface area (Å²) in [6.07, 6.45) is 1.05. The van der Waals surface area contributed by atoms with Crippen LogP contribution in [0.5, 0.6) is 0 Å². The van der Waals surface area contributed by atoms with Gasteiger partial charge < -0.3 is 10.6 Å². The minimum atomic E-state index is 0.819. The molecule has 0 saturated heterocycles. The Morgan fingerprint density at radius 3 is 2.50 bits per heavy atom. The second-order valence-corrected chi connectivity index (χ2v) is 5.53. The molecule has 0 unspecified atom stereocenters. The van der Waals surface area contributed by atoms with E-state index in [0.717, 1.165) is 18.7 Å². The van der Waals surface area contributed by atoms with Gasteiger partial charge >= 0.3 is 0 Å². The fourth-order valence-electron chi connectivity index (χ4n) is 1.89. The van der Waals surface area contributed by atoms with Crippen molar-refractivity contribution in [3.05, 3.63) is 57.7 Å². The monoisotopic (exact) mass is 352 g/mol. The third kappa shape index (κ3) is 3.38. The average molecular weight is 352 g/mol. The maximum absolute atomic E-state index is 5.77. The van der Waals surface area contributed by atoms with E-state index in [2.05, 4.69) is 70.9 Å². The molecule has 2 aromatic carbocycles. The van der Waals surface area contributed by atoms with Crippen LogP contribution in [-0.2, 0) is 6.42 Å². The maximum atomic E-state index is 5.77. The molecule has 2 nitrogen and oxygen atoms in total. The number of halogens is 1. The van der Waals surface area contributed by atoms with E-state index >= 15 is 0 Å². The molecule has 0 saturated carbocycles. The Kier molecular flexibility index (Phi) is 4.47. The second kappa shape index (κ2) is 6.09. The van der Waals surface area contributed by atoms with E-state index in [0.29, 0.717) is 0 Å². The van der Waals surface area contributed by atoms with Crippen molar-refractivity contribution in [1.29, 1.82) is 0 Å². The Labute approximate surface area is 122 Å². The Hall–Kier alpha value is -1.23. The Bertz CT molecular complexity index is 511. The van der Waals surface area contributed by atoms with Crippen LogP contribution in [0.4, 0.5) is 11.4 Å². The molecule has 0 aliphatic carbocycles. The van der Waals surface area contributed by atoms with E-state index in [1.165, 1.54) is 14.8 Å². The van der Waals surface area contributed by atoms with Gasteiger partial charge in [0.05, 0.1) is 5.69 Å². The lowest BCUT2D eigenvalue weighted by Gasteiger charge is -2.21. The van der Waals surface area contributed by atoms with Crippen LogP contribution >= 0.6 is 22.6 Å². The quantitative estimate of drug-likeness (QED) is 0.674.